The number of carbonyl (C=O) groups excluding carboxylic acids is 1. The quantitative estimate of drug-likeness (QED) is 0.501. The highest BCUT2D eigenvalue weighted by molar-refractivity contribution is 5.89. The number of aromatic nitrogens is 2. The van der Waals surface area contributed by atoms with Crippen molar-refractivity contribution < 1.29 is 9.53 Å². The van der Waals surface area contributed by atoms with Gasteiger partial charge in [-0.05, 0) is 42.2 Å². The molecule has 2 aromatic carbocycles. The zero-order valence-corrected chi connectivity index (χ0v) is 15.0. The van der Waals surface area contributed by atoms with Gasteiger partial charge in [0.25, 0.3) is 5.56 Å². The van der Waals surface area contributed by atoms with Gasteiger partial charge in [-0.1, -0.05) is 38.1 Å². The van der Waals surface area contributed by atoms with Gasteiger partial charge in [-0.3, -0.25) is 9.36 Å². The number of rotatable bonds is 6. The van der Waals surface area contributed by atoms with E-state index in [4.69, 9.17) is 4.74 Å². The van der Waals surface area contributed by atoms with Crippen LogP contribution in [0.5, 0.6) is 0 Å². The second-order valence-electron chi connectivity index (χ2n) is 6.53. The van der Waals surface area contributed by atoms with E-state index in [1.807, 2.05) is 30.3 Å². The lowest BCUT2D eigenvalue weighted by Crippen LogP contribution is -2.21. The molecule has 0 spiro atoms. The summed E-state index contributed by atoms with van der Waals surface area (Å²) in [5, 5.41) is 0.595. The fourth-order valence-corrected chi connectivity index (χ4v) is 2.75. The van der Waals surface area contributed by atoms with Crippen LogP contribution in [0, 0.1) is 0 Å². The molecule has 1 aromatic heterocycles. The van der Waals surface area contributed by atoms with Crippen LogP contribution >= 0.6 is 0 Å². The van der Waals surface area contributed by atoms with E-state index >= 15 is 0 Å². The lowest BCUT2D eigenvalue weighted by Gasteiger charge is -2.09. The van der Waals surface area contributed by atoms with Crippen molar-refractivity contribution >= 4 is 16.9 Å². The van der Waals surface area contributed by atoms with Gasteiger partial charge in [-0.25, -0.2) is 9.78 Å². The van der Waals surface area contributed by atoms with Crippen molar-refractivity contribution in [1.29, 1.82) is 0 Å². The van der Waals surface area contributed by atoms with Crippen LogP contribution in [-0.2, 0) is 11.3 Å². The zero-order chi connectivity index (χ0) is 18.5. The standard InChI is InChI=1S/C21H22N2O3/c1-15(2)16-8-10-17(11-9-16)21(25)26-13-5-12-23-14-22-19-7-4-3-6-18(19)20(23)24/h3-4,6-11,14-15H,5,12-13H2,1-2H3. The number of ether oxygens (including phenoxy) is 1. The molecule has 5 nitrogen and oxygen atoms in total. The summed E-state index contributed by atoms with van der Waals surface area (Å²) in [6.07, 6.45) is 2.09. The highest BCUT2D eigenvalue weighted by atomic mass is 16.5. The Kier molecular flexibility index (Phi) is 5.46. The van der Waals surface area contributed by atoms with Gasteiger partial charge in [0.1, 0.15) is 0 Å². The number of benzene rings is 2. The molecule has 0 saturated heterocycles. The topological polar surface area (TPSA) is 61.2 Å². The molecule has 0 unspecified atom stereocenters. The molecule has 26 heavy (non-hydrogen) atoms. The van der Waals surface area contributed by atoms with Crippen LogP contribution < -0.4 is 5.56 Å². The molecule has 0 fully saturated rings. The SMILES string of the molecule is CC(C)c1ccc(C(=O)OCCCn2cnc3ccccc3c2=O)cc1. The first-order valence-electron chi connectivity index (χ1n) is 8.77. The third kappa shape index (κ3) is 3.99. The van der Waals surface area contributed by atoms with Crippen LogP contribution in [0.25, 0.3) is 10.9 Å². The molecule has 1 heterocycles. The van der Waals surface area contributed by atoms with E-state index in [-0.39, 0.29) is 18.1 Å². The van der Waals surface area contributed by atoms with E-state index in [1.165, 1.54) is 11.9 Å². The van der Waals surface area contributed by atoms with Crippen LogP contribution in [0.4, 0.5) is 0 Å². The Balaban J connectivity index is 1.55. The number of nitrogens with zero attached hydrogens (tertiary/aromatic N) is 2. The Morgan fingerprint density at radius 3 is 2.58 bits per heavy atom. The number of para-hydroxylation sites is 1. The van der Waals surface area contributed by atoms with E-state index in [1.54, 1.807) is 22.8 Å². The third-order valence-corrected chi connectivity index (χ3v) is 4.32. The molecule has 0 aliphatic rings. The van der Waals surface area contributed by atoms with Crippen LogP contribution in [0.15, 0.2) is 59.7 Å². The van der Waals surface area contributed by atoms with Crippen molar-refractivity contribution in [2.45, 2.75) is 32.7 Å². The summed E-state index contributed by atoms with van der Waals surface area (Å²) in [4.78, 5) is 28.7. The number of carbonyl (C=O) groups is 1. The molecule has 0 atom stereocenters. The van der Waals surface area contributed by atoms with Crippen LogP contribution in [0.2, 0.25) is 0 Å². The number of esters is 1. The minimum absolute atomic E-state index is 0.0776. The molecule has 3 aromatic rings. The Labute approximate surface area is 152 Å². The predicted octanol–water partition coefficient (Wildman–Crippen LogP) is 3.77. The summed E-state index contributed by atoms with van der Waals surface area (Å²) in [5.74, 6) is 0.0817. The Morgan fingerprint density at radius 1 is 1.12 bits per heavy atom. The lowest BCUT2D eigenvalue weighted by atomic mass is 10.0. The van der Waals surface area contributed by atoms with Gasteiger partial charge in [0.15, 0.2) is 0 Å². The molecule has 0 aliphatic carbocycles. The summed E-state index contributed by atoms with van der Waals surface area (Å²) < 4.78 is 6.85. The van der Waals surface area contributed by atoms with Gasteiger partial charge in [-0.2, -0.15) is 0 Å². The van der Waals surface area contributed by atoms with Gasteiger partial charge in [-0.15, -0.1) is 0 Å². The Bertz CT molecular complexity index is 959. The minimum Gasteiger partial charge on any atom is -0.462 e. The van der Waals surface area contributed by atoms with E-state index in [2.05, 4.69) is 18.8 Å². The number of fused-ring (bicyclic) bond motifs is 1. The van der Waals surface area contributed by atoms with Crippen LogP contribution in [-0.4, -0.2) is 22.1 Å². The van der Waals surface area contributed by atoms with Crippen molar-refractivity contribution in [3.8, 4) is 0 Å². The molecule has 0 saturated carbocycles. The molecular weight excluding hydrogens is 328 g/mol. The smallest absolute Gasteiger partial charge is 0.338 e. The predicted molar refractivity (Wildman–Crippen MR) is 101 cm³/mol. The maximum absolute atomic E-state index is 12.4. The highest BCUT2D eigenvalue weighted by Crippen LogP contribution is 2.15. The maximum Gasteiger partial charge on any atom is 0.338 e. The normalized spacial score (nSPS) is 11.0. The molecule has 0 aliphatic heterocycles. The number of hydrogen-bond donors (Lipinski definition) is 0. The molecule has 3 rings (SSSR count). The van der Waals surface area contributed by atoms with Crippen molar-refractivity contribution in [3.63, 3.8) is 0 Å². The largest absolute Gasteiger partial charge is 0.462 e. The van der Waals surface area contributed by atoms with Crippen LogP contribution in [0.1, 0.15) is 42.1 Å². The van der Waals surface area contributed by atoms with Crippen molar-refractivity contribution in [3.05, 3.63) is 76.3 Å². The van der Waals surface area contributed by atoms with Gasteiger partial charge in [0, 0.05) is 6.54 Å². The van der Waals surface area contributed by atoms with Gasteiger partial charge < -0.3 is 4.74 Å². The molecule has 0 bridgehead atoms. The van der Waals surface area contributed by atoms with Crippen molar-refractivity contribution in [1.82, 2.24) is 9.55 Å². The average Bonchev–Trinajstić information content (AvgIpc) is 2.67. The third-order valence-electron chi connectivity index (χ3n) is 4.32. The molecular formula is C21H22N2O3. The second kappa shape index (κ2) is 7.95. The molecule has 0 N–H and O–H groups in total. The van der Waals surface area contributed by atoms with Gasteiger partial charge >= 0.3 is 5.97 Å². The Morgan fingerprint density at radius 2 is 1.85 bits per heavy atom. The van der Waals surface area contributed by atoms with Crippen molar-refractivity contribution in [2.24, 2.45) is 0 Å². The van der Waals surface area contributed by atoms with E-state index < -0.39 is 0 Å². The zero-order valence-electron chi connectivity index (χ0n) is 15.0. The van der Waals surface area contributed by atoms with Gasteiger partial charge in [0.2, 0.25) is 0 Å². The highest BCUT2D eigenvalue weighted by Gasteiger charge is 2.08. The molecule has 0 radical (unpaired) electrons. The summed E-state index contributed by atoms with van der Waals surface area (Å²) in [7, 11) is 0. The maximum atomic E-state index is 12.4. The van der Waals surface area contributed by atoms with E-state index in [0.717, 1.165) is 0 Å². The minimum atomic E-state index is -0.343. The summed E-state index contributed by atoms with van der Waals surface area (Å²) in [5.41, 5.74) is 2.33. The molecule has 0 amide bonds. The fourth-order valence-electron chi connectivity index (χ4n) is 2.75. The summed E-state index contributed by atoms with van der Waals surface area (Å²) >= 11 is 0. The first kappa shape index (κ1) is 17.9. The first-order chi connectivity index (χ1) is 12.6. The van der Waals surface area contributed by atoms with Crippen molar-refractivity contribution in [2.75, 3.05) is 6.61 Å². The second-order valence-corrected chi connectivity index (χ2v) is 6.53. The average molecular weight is 350 g/mol. The van der Waals surface area contributed by atoms with E-state index in [0.29, 0.717) is 35.3 Å². The summed E-state index contributed by atoms with van der Waals surface area (Å²) in [6, 6.07) is 14.7. The lowest BCUT2D eigenvalue weighted by molar-refractivity contribution is 0.0495. The molecule has 134 valence electrons. The fraction of sp³-hybridized carbons (Fsp3) is 0.286. The van der Waals surface area contributed by atoms with Crippen LogP contribution in [0.3, 0.4) is 0 Å². The monoisotopic (exact) mass is 350 g/mol. The first-order valence-corrected chi connectivity index (χ1v) is 8.77. The number of aryl methyl sites for hydroxylation is 1. The molecule has 5 heteroatoms. The van der Waals surface area contributed by atoms with E-state index in [9.17, 15) is 9.59 Å². The number of hydrogen-bond acceptors (Lipinski definition) is 4. The Hall–Kier alpha value is -2.95. The van der Waals surface area contributed by atoms with Gasteiger partial charge in [0.05, 0.1) is 29.4 Å². The summed E-state index contributed by atoms with van der Waals surface area (Å²) in [6.45, 7) is 4.92.